The van der Waals surface area contributed by atoms with Gasteiger partial charge in [-0.2, -0.15) is 0 Å². The zero-order valence-electron chi connectivity index (χ0n) is 13.7. The van der Waals surface area contributed by atoms with E-state index in [0.29, 0.717) is 11.3 Å². The lowest BCUT2D eigenvalue weighted by Gasteiger charge is -2.16. The van der Waals surface area contributed by atoms with Crippen LogP contribution in [0, 0.1) is 6.92 Å². The van der Waals surface area contributed by atoms with Crippen molar-refractivity contribution in [2.24, 2.45) is 0 Å². The third kappa shape index (κ3) is 2.48. The van der Waals surface area contributed by atoms with Gasteiger partial charge in [0.2, 0.25) is 5.91 Å². The van der Waals surface area contributed by atoms with Crippen molar-refractivity contribution in [3.8, 4) is 0 Å². The second-order valence-electron chi connectivity index (χ2n) is 6.36. The molecular weight excluding hydrogens is 290 g/mol. The van der Waals surface area contributed by atoms with Crippen molar-refractivity contribution in [1.29, 1.82) is 0 Å². The number of carbonyl (C=O) groups is 2. The second kappa shape index (κ2) is 5.19. The molecule has 0 saturated heterocycles. The number of fused-ring (bicyclic) bond motifs is 1. The highest BCUT2D eigenvalue weighted by Crippen LogP contribution is 2.41. The Bertz CT molecular complexity index is 812. The summed E-state index contributed by atoms with van der Waals surface area (Å²) in [5.41, 5.74) is 3.29. The Morgan fingerprint density at radius 2 is 1.96 bits per heavy atom. The van der Waals surface area contributed by atoms with Gasteiger partial charge in [0.05, 0.1) is 5.41 Å². The molecule has 0 saturated carbocycles. The lowest BCUT2D eigenvalue weighted by atomic mass is 9.86. The standard InChI is InChI=1S/C18H19N3O2/c1-11-9-12(7-8-19-11)16(22)20-13-5-6-14-15(10-13)21(4)17(23)18(14,2)3/h5-10H,1-4H3,(H,20,22). The maximum Gasteiger partial charge on any atom is 0.255 e. The Morgan fingerprint density at radius 3 is 2.65 bits per heavy atom. The summed E-state index contributed by atoms with van der Waals surface area (Å²) in [5, 5.41) is 2.87. The lowest BCUT2D eigenvalue weighted by Crippen LogP contribution is -2.33. The van der Waals surface area contributed by atoms with E-state index in [1.807, 2.05) is 39.0 Å². The topological polar surface area (TPSA) is 62.3 Å². The van der Waals surface area contributed by atoms with Crippen LogP contribution in [0.1, 0.15) is 35.5 Å². The van der Waals surface area contributed by atoms with Gasteiger partial charge in [-0.3, -0.25) is 14.6 Å². The Kier molecular flexibility index (Phi) is 3.43. The summed E-state index contributed by atoms with van der Waals surface area (Å²) in [4.78, 5) is 30.4. The van der Waals surface area contributed by atoms with Crippen molar-refractivity contribution in [3.63, 3.8) is 0 Å². The number of likely N-dealkylation sites (N-methyl/N-ethyl adjacent to an activating group) is 1. The highest BCUT2D eigenvalue weighted by molar-refractivity contribution is 6.09. The van der Waals surface area contributed by atoms with Crippen molar-refractivity contribution < 1.29 is 9.59 Å². The molecule has 2 amide bonds. The molecule has 0 radical (unpaired) electrons. The van der Waals surface area contributed by atoms with Crippen LogP contribution in [0.4, 0.5) is 11.4 Å². The third-order valence-corrected chi connectivity index (χ3v) is 4.29. The van der Waals surface area contributed by atoms with Gasteiger partial charge in [-0.15, -0.1) is 0 Å². The number of rotatable bonds is 2. The smallest absolute Gasteiger partial charge is 0.255 e. The zero-order valence-corrected chi connectivity index (χ0v) is 13.7. The molecule has 0 bridgehead atoms. The molecule has 2 aromatic rings. The van der Waals surface area contributed by atoms with Crippen LogP contribution in [0.5, 0.6) is 0 Å². The molecule has 0 aliphatic carbocycles. The monoisotopic (exact) mass is 309 g/mol. The van der Waals surface area contributed by atoms with E-state index < -0.39 is 5.41 Å². The Labute approximate surface area is 135 Å². The van der Waals surface area contributed by atoms with Gasteiger partial charge in [-0.1, -0.05) is 6.07 Å². The Hall–Kier alpha value is -2.69. The molecule has 1 aliphatic heterocycles. The molecule has 5 heteroatoms. The number of benzene rings is 1. The van der Waals surface area contributed by atoms with E-state index in [0.717, 1.165) is 16.9 Å². The van der Waals surface area contributed by atoms with Crippen LogP contribution in [0.2, 0.25) is 0 Å². The SMILES string of the molecule is Cc1cc(C(=O)Nc2ccc3c(c2)N(C)C(=O)C3(C)C)ccn1. The van der Waals surface area contributed by atoms with E-state index in [-0.39, 0.29) is 11.8 Å². The number of anilines is 2. The van der Waals surface area contributed by atoms with E-state index in [1.165, 1.54) is 0 Å². The first-order valence-corrected chi connectivity index (χ1v) is 7.47. The minimum Gasteiger partial charge on any atom is -0.322 e. The van der Waals surface area contributed by atoms with E-state index in [4.69, 9.17) is 0 Å². The summed E-state index contributed by atoms with van der Waals surface area (Å²) in [7, 11) is 1.76. The molecule has 0 spiro atoms. The molecule has 0 atom stereocenters. The maximum atomic E-state index is 12.3. The number of carbonyl (C=O) groups excluding carboxylic acids is 2. The molecule has 0 unspecified atom stereocenters. The molecule has 2 heterocycles. The number of nitrogens with one attached hydrogen (secondary N) is 1. The summed E-state index contributed by atoms with van der Waals surface area (Å²) >= 11 is 0. The van der Waals surface area contributed by atoms with Gasteiger partial charge in [-0.05, 0) is 50.6 Å². The first-order valence-electron chi connectivity index (χ1n) is 7.47. The molecule has 23 heavy (non-hydrogen) atoms. The van der Waals surface area contributed by atoms with Crippen molar-refractivity contribution in [2.75, 3.05) is 17.3 Å². The predicted octanol–water partition coefficient (Wildman–Crippen LogP) is 2.90. The minimum absolute atomic E-state index is 0.0562. The normalized spacial score (nSPS) is 15.5. The summed E-state index contributed by atoms with van der Waals surface area (Å²) in [5.74, 6) is -0.137. The van der Waals surface area contributed by atoms with Gasteiger partial charge >= 0.3 is 0 Å². The van der Waals surface area contributed by atoms with Gasteiger partial charge in [0.15, 0.2) is 0 Å². The number of hydrogen-bond donors (Lipinski definition) is 1. The molecule has 1 aromatic carbocycles. The quantitative estimate of drug-likeness (QED) is 0.928. The predicted molar refractivity (Wildman–Crippen MR) is 89.8 cm³/mol. The largest absolute Gasteiger partial charge is 0.322 e. The molecule has 0 fully saturated rings. The summed E-state index contributed by atoms with van der Waals surface area (Å²) in [6, 6.07) is 8.99. The van der Waals surface area contributed by atoms with E-state index >= 15 is 0 Å². The minimum atomic E-state index is -0.533. The van der Waals surface area contributed by atoms with E-state index in [2.05, 4.69) is 10.3 Å². The highest BCUT2D eigenvalue weighted by atomic mass is 16.2. The Morgan fingerprint density at radius 1 is 1.22 bits per heavy atom. The van der Waals surface area contributed by atoms with Crippen LogP contribution >= 0.6 is 0 Å². The molecule has 118 valence electrons. The van der Waals surface area contributed by atoms with Gasteiger partial charge in [-0.25, -0.2) is 0 Å². The first-order chi connectivity index (χ1) is 10.8. The fourth-order valence-electron chi connectivity index (χ4n) is 2.95. The average molecular weight is 309 g/mol. The molecule has 3 rings (SSSR count). The summed E-state index contributed by atoms with van der Waals surface area (Å²) in [6.07, 6.45) is 1.61. The Balaban J connectivity index is 1.89. The molecule has 1 aliphatic rings. The van der Waals surface area contributed by atoms with Crippen LogP contribution in [0.25, 0.3) is 0 Å². The van der Waals surface area contributed by atoms with Gasteiger partial charge in [0, 0.05) is 35.9 Å². The number of aromatic nitrogens is 1. The fraction of sp³-hybridized carbons (Fsp3) is 0.278. The van der Waals surface area contributed by atoms with Gasteiger partial charge in [0.1, 0.15) is 0 Å². The molecule has 5 nitrogen and oxygen atoms in total. The van der Waals surface area contributed by atoms with Crippen molar-refractivity contribution in [3.05, 3.63) is 53.3 Å². The summed E-state index contributed by atoms with van der Waals surface area (Å²) < 4.78 is 0. The molecule has 1 N–H and O–H groups in total. The first kappa shape index (κ1) is 15.2. The number of pyridine rings is 1. The van der Waals surface area contributed by atoms with Crippen molar-refractivity contribution in [1.82, 2.24) is 4.98 Å². The fourth-order valence-corrected chi connectivity index (χ4v) is 2.95. The second-order valence-corrected chi connectivity index (χ2v) is 6.36. The van der Waals surface area contributed by atoms with Gasteiger partial charge < -0.3 is 10.2 Å². The van der Waals surface area contributed by atoms with E-state index in [9.17, 15) is 9.59 Å². The zero-order chi connectivity index (χ0) is 16.8. The number of nitrogens with zero attached hydrogens (tertiary/aromatic N) is 2. The van der Waals surface area contributed by atoms with Crippen molar-refractivity contribution >= 4 is 23.2 Å². The third-order valence-electron chi connectivity index (χ3n) is 4.29. The van der Waals surface area contributed by atoms with E-state index in [1.54, 1.807) is 30.3 Å². The van der Waals surface area contributed by atoms with Crippen LogP contribution in [-0.4, -0.2) is 23.8 Å². The van der Waals surface area contributed by atoms with Crippen LogP contribution in [-0.2, 0) is 10.2 Å². The number of amides is 2. The number of aryl methyl sites for hydroxylation is 1. The van der Waals surface area contributed by atoms with Crippen molar-refractivity contribution in [2.45, 2.75) is 26.2 Å². The molecule has 1 aromatic heterocycles. The average Bonchev–Trinajstić information content (AvgIpc) is 2.68. The summed E-state index contributed by atoms with van der Waals surface area (Å²) in [6.45, 7) is 5.67. The van der Waals surface area contributed by atoms with Crippen LogP contribution in [0.15, 0.2) is 36.5 Å². The number of hydrogen-bond acceptors (Lipinski definition) is 3. The maximum absolute atomic E-state index is 12.3. The lowest BCUT2D eigenvalue weighted by molar-refractivity contribution is -0.121. The highest BCUT2D eigenvalue weighted by Gasteiger charge is 2.42. The van der Waals surface area contributed by atoms with Crippen LogP contribution in [0.3, 0.4) is 0 Å². The molecular formula is C18H19N3O2. The van der Waals surface area contributed by atoms with Crippen LogP contribution < -0.4 is 10.2 Å². The van der Waals surface area contributed by atoms with Gasteiger partial charge in [0.25, 0.3) is 5.91 Å².